The van der Waals surface area contributed by atoms with Crippen LogP contribution in [0.25, 0.3) is 0 Å². The molecule has 6 nitrogen and oxygen atoms in total. The maximum atomic E-state index is 11.9. The first kappa shape index (κ1) is 14.5. The first-order valence-corrected chi connectivity index (χ1v) is 7.20. The molecule has 0 N–H and O–H groups in total. The van der Waals surface area contributed by atoms with Gasteiger partial charge in [0, 0.05) is 25.6 Å². The summed E-state index contributed by atoms with van der Waals surface area (Å²) in [5.41, 5.74) is 0. The number of hydrogen-bond acceptors (Lipinski definition) is 6. The van der Waals surface area contributed by atoms with E-state index in [0.717, 1.165) is 0 Å². The van der Waals surface area contributed by atoms with Crippen molar-refractivity contribution in [2.45, 2.75) is 13.3 Å². The quantitative estimate of drug-likeness (QED) is 0.845. The highest BCUT2D eigenvalue weighted by Gasteiger charge is 2.32. The minimum atomic E-state index is -0.104. The molecule has 9 heteroatoms. The highest BCUT2D eigenvalue weighted by molar-refractivity contribution is 8.13. The van der Waals surface area contributed by atoms with Crippen LogP contribution < -0.4 is 4.90 Å². The summed E-state index contributed by atoms with van der Waals surface area (Å²) in [5, 5.41) is -0.0640. The summed E-state index contributed by atoms with van der Waals surface area (Å²) < 4.78 is 0. The molecule has 0 aromatic carbocycles. The Balaban J connectivity index is 2.09. The first-order valence-electron chi connectivity index (χ1n) is 5.46. The lowest BCUT2D eigenvalue weighted by molar-refractivity contribution is -0.117. The third-order valence-electron chi connectivity index (χ3n) is 2.54. The lowest BCUT2D eigenvalue weighted by Gasteiger charge is -2.14. The van der Waals surface area contributed by atoms with Crippen LogP contribution in [0.15, 0.2) is 0 Å². The molecule has 0 radical (unpaired) electrons. The van der Waals surface area contributed by atoms with Gasteiger partial charge in [0.1, 0.15) is 0 Å². The Bertz CT molecular complexity index is 508. The van der Waals surface area contributed by atoms with Crippen LogP contribution in [0.4, 0.5) is 5.95 Å². The highest BCUT2D eigenvalue weighted by Crippen LogP contribution is 2.26. The van der Waals surface area contributed by atoms with Crippen LogP contribution in [-0.4, -0.2) is 38.3 Å². The number of nitrogens with zero attached hydrogens (tertiary/aromatic N) is 4. The van der Waals surface area contributed by atoms with Crippen LogP contribution in [0.5, 0.6) is 0 Å². The van der Waals surface area contributed by atoms with Crippen molar-refractivity contribution in [1.29, 1.82) is 0 Å². The predicted octanol–water partition coefficient (Wildman–Crippen LogP) is 1.81. The van der Waals surface area contributed by atoms with Gasteiger partial charge in [0.25, 0.3) is 0 Å². The van der Waals surface area contributed by atoms with Crippen LogP contribution in [0, 0.1) is 5.92 Å². The SMILES string of the molecule is CC(=O)SCC1CC(=O)N(c2nc(Cl)nc(Cl)n2)C1. The Hall–Kier alpha value is -0.920. The van der Waals surface area contributed by atoms with Gasteiger partial charge in [0.2, 0.25) is 22.4 Å². The third-order valence-corrected chi connectivity index (χ3v) is 3.92. The fourth-order valence-corrected chi connectivity index (χ4v) is 2.81. The van der Waals surface area contributed by atoms with Crippen molar-refractivity contribution in [3.8, 4) is 0 Å². The number of carbonyl (C=O) groups is 2. The van der Waals surface area contributed by atoms with Crippen LogP contribution in [-0.2, 0) is 9.59 Å². The molecule has 0 spiro atoms. The van der Waals surface area contributed by atoms with Crippen molar-refractivity contribution in [3.63, 3.8) is 0 Å². The lowest BCUT2D eigenvalue weighted by atomic mass is 10.1. The van der Waals surface area contributed by atoms with Gasteiger partial charge in [-0.05, 0) is 29.1 Å². The molecule has 2 rings (SSSR count). The normalized spacial score (nSPS) is 19.0. The highest BCUT2D eigenvalue weighted by atomic mass is 35.5. The van der Waals surface area contributed by atoms with E-state index in [4.69, 9.17) is 23.2 Å². The molecule has 102 valence electrons. The van der Waals surface area contributed by atoms with Crippen molar-refractivity contribution in [2.24, 2.45) is 5.92 Å². The van der Waals surface area contributed by atoms with E-state index < -0.39 is 0 Å². The van der Waals surface area contributed by atoms with Crippen molar-refractivity contribution in [3.05, 3.63) is 10.6 Å². The van der Waals surface area contributed by atoms with Crippen molar-refractivity contribution >= 4 is 51.9 Å². The van der Waals surface area contributed by atoms with Gasteiger partial charge in [-0.2, -0.15) is 15.0 Å². The van der Waals surface area contributed by atoms with Crippen LogP contribution in [0.1, 0.15) is 13.3 Å². The number of thioether (sulfide) groups is 1. The Morgan fingerprint density at radius 2 is 2.00 bits per heavy atom. The van der Waals surface area contributed by atoms with E-state index in [-0.39, 0.29) is 33.5 Å². The fraction of sp³-hybridized carbons (Fsp3) is 0.500. The summed E-state index contributed by atoms with van der Waals surface area (Å²) >= 11 is 12.6. The average molecular weight is 321 g/mol. The van der Waals surface area contributed by atoms with Crippen molar-refractivity contribution in [2.75, 3.05) is 17.2 Å². The van der Waals surface area contributed by atoms with E-state index in [1.54, 1.807) is 0 Å². The first-order chi connectivity index (χ1) is 8.95. The molecule has 19 heavy (non-hydrogen) atoms. The van der Waals surface area contributed by atoms with Gasteiger partial charge in [0.15, 0.2) is 5.12 Å². The monoisotopic (exact) mass is 320 g/mol. The van der Waals surface area contributed by atoms with Crippen LogP contribution in [0.2, 0.25) is 10.6 Å². The molecule has 2 heterocycles. The van der Waals surface area contributed by atoms with E-state index in [1.807, 2.05) is 0 Å². The molecule has 1 unspecified atom stereocenters. The molecule has 1 aliphatic rings. The standard InChI is InChI=1S/C10H10Cl2N4O2S/c1-5(17)19-4-6-2-7(18)16(3-6)10-14-8(11)13-9(12)15-10/h6H,2-4H2,1H3. The Morgan fingerprint density at radius 1 is 1.37 bits per heavy atom. The molecule has 1 aromatic heterocycles. The largest absolute Gasteiger partial charge is 0.288 e. The molecule has 1 saturated heterocycles. The number of aromatic nitrogens is 3. The second-order valence-corrected chi connectivity index (χ2v) is 5.92. The molecule has 0 bridgehead atoms. The van der Waals surface area contributed by atoms with Gasteiger partial charge < -0.3 is 0 Å². The number of anilines is 1. The zero-order valence-electron chi connectivity index (χ0n) is 9.97. The molecule has 0 aliphatic carbocycles. The van der Waals surface area contributed by atoms with E-state index in [1.165, 1.54) is 23.6 Å². The number of carbonyl (C=O) groups excluding carboxylic acids is 2. The van der Waals surface area contributed by atoms with Gasteiger partial charge in [0.05, 0.1) is 0 Å². The summed E-state index contributed by atoms with van der Waals surface area (Å²) in [5.74, 6) is 0.748. The number of amides is 1. The number of halogens is 2. The maximum Gasteiger partial charge on any atom is 0.237 e. The fourth-order valence-electron chi connectivity index (χ4n) is 1.76. The molecular weight excluding hydrogens is 311 g/mol. The second kappa shape index (κ2) is 6.02. The minimum Gasteiger partial charge on any atom is -0.288 e. The van der Waals surface area contributed by atoms with Gasteiger partial charge in [-0.15, -0.1) is 0 Å². The zero-order chi connectivity index (χ0) is 14.0. The summed E-state index contributed by atoms with van der Waals surface area (Å²) in [6.45, 7) is 1.96. The third kappa shape index (κ3) is 3.77. The molecule has 1 amide bonds. The molecular formula is C10H10Cl2N4O2S. The summed E-state index contributed by atoms with van der Waals surface area (Å²) in [4.78, 5) is 35.6. The summed E-state index contributed by atoms with van der Waals surface area (Å²) in [6.07, 6.45) is 0.362. The molecule has 1 fully saturated rings. The number of rotatable bonds is 3. The Morgan fingerprint density at radius 3 is 2.58 bits per heavy atom. The van der Waals surface area contributed by atoms with E-state index >= 15 is 0 Å². The smallest absolute Gasteiger partial charge is 0.237 e. The Labute approximate surface area is 123 Å². The molecule has 1 aromatic rings. The van der Waals surface area contributed by atoms with Crippen LogP contribution >= 0.6 is 35.0 Å². The van der Waals surface area contributed by atoms with E-state index in [9.17, 15) is 9.59 Å². The molecule has 0 saturated carbocycles. The summed E-state index contributed by atoms with van der Waals surface area (Å²) in [6, 6.07) is 0. The zero-order valence-corrected chi connectivity index (χ0v) is 12.3. The molecule has 1 aliphatic heterocycles. The number of hydrogen-bond donors (Lipinski definition) is 0. The molecule has 1 atom stereocenters. The minimum absolute atomic E-state index is 0.0390. The lowest BCUT2D eigenvalue weighted by Crippen LogP contribution is -2.27. The van der Waals surface area contributed by atoms with Gasteiger partial charge in [-0.25, -0.2) is 0 Å². The second-order valence-electron chi connectivity index (χ2n) is 4.05. The van der Waals surface area contributed by atoms with E-state index in [0.29, 0.717) is 18.7 Å². The predicted molar refractivity (Wildman–Crippen MR) is 73.4 cm³/mol. The van der Waals surface area contributed by atoms with Gasteiger partial charge in [-0.3, -0.25) is 14.5 Å². The summed E-state index contributed by atoms with van der Waals surface area (Å²) in [7, 11) is 0. The van der Waals surface area contributed by atoms with Gasteiger partial charge in [-0.1, -0.05) is 11.8 Å². The Kier molecular flexibility index (Phi) is 4.59. The average Bonchev–Trinajstić information content (AvgIpc) is 2.66. The van der Waals surface area contributed by atoms with Gasteiger partial charge >= 0.3 is 0 Å². The van der Waals surface area contributed by atoms with Crippen LogP contribution in [0.3, 0.4) is 0 Å². The van der Waals surface area contributed by atoms with Crippen molar-refractivity contribution < 1.29 is 9.59 Å². The van der Waals surface area contributed by atoms with E-state index in [2.05, 4.69) is 15.0 Å². The topological polar surface area (TPSA) is 76.1 Å². The maximum absolute atomic E-state index is 11.9. The van der Waals surface area contributed by atoms with Crippen molar-refractivity contribution in [1.82, 2.24) is 15.0 Å².